The maximum atomic E-state index is 14.4. The molecule has 1 fully saturated rings. The Morgan fingerprint density at radius 3 is 2.47 bits per heavy atom. The highest BCUT2D eigenvalue weighted by molar-refractivity contribution is 5.49. The Kier molecular flexibility index (Phi) is 2.40. The molecule has 0 saturated heterocycles. The Labute approximate surface area is 100 Å². The number of rotatable bonds is 2. The molecular weight excluding hydrogens is 219 g/mol. The van der Waals surface area contributed by atoms with Gasteiger partial charge in [-0.25, -0.2) is 4.39 Å². The van der Waals surface area contributed by atoms with Crippen molar-refractivity contribution in [2.45, 2.75) is 44.1 Å². The van der Waals surface area contributed by atoms with Crippen molar-refractivity contribution in [1.82, 2.24) is 0 Å². The lowest BCUT2D eigenvalue weighted by molar-refractivity contribution is 0.146. The zero-order valence-corrected chi connectivity index (χ0v) is 10.1. The third-order valence-electron chi connectivity index (χ3n) is 3.99. The lowest BCUT2D eigenvalue weighted by Gasteiger charge is -2.23. The highest BCUT2D eigenvalue weighted by atomic mass is 19.1. The molecule has 3 rings (SSSR count). The Hall–Kier alpha value is -1.09. The number of hydrogen-bond donors (Lipinski definition) is 1. The van der Waals surface area contributed by atoms with Gasteiger partial charge in [-0.3, -0.25) is 0 Å². The number of methoxy groups -OCH3 is 1. The van der Waals surface area contributed by atoms with Crippen LogP contribution >= 0.6 is 0 Å². The van der Waals surface area contributed by atoms with E-state index in [0.29, 0.717) is 18.4 Å². The van der Waals surface area contributed by atoms with Crippen LogP contribution in [0.5, 0.6) is 5.75 Å². The van der Waals surface area contributed by atoms with Crippen LogP contribution in [0.4, 0.5) is 4.39 Å². The fraction of sp³-hybridized carbons (Fsp3) is 0.571. The lowest BCUT2D eigenvalue weighted by Crippen LogP contribution is -2.15. The fourth-order valence-corrected chi connectivity index (χ4v) is 2.77. The second kappa shape index (κ2) is 3.70. The van der Waals surface area contributed by atoms with Crippen LogP contribution in [-0.4, -0.2) is 12.2 Å². The first-order valence-corrected chi connectivity index (χ1v) is 6.27. The summed E-state index contributed by atoms with van der Waals surface area (Å²) in [4.78, 5) is 0. The average Bonchev–Trinajstić information content (AvgIpc) is 3.09. The van der Waals surface area contributed by atoms with E-state index in [-0.39, 0.29) is 5.82 Å². The molecule has 0 atom stereocenters. The van der Waals surface area contributed by atoms with Gasteiger partial charge < -0.3 is 9.84 Å². The molecule has 1 aromatic rings. The molecule has 0 heterocycles. The van der Waals surface area contributed by atoms with Crippen LogP contribution in [0.3, 0.4) is 0 Å². The molecule has 2 nitrogen and oxygen atoms in total. The van der Waals surface area contributed by atoms with Crippen molar-refractivity contribution in [3.63, 3.8) is 0 Å². The molecule has 3 heteroatoms. The molecule has 0 unspecified atom stereocenters. The first kappa shape index (κ1) is 11.0. The van der Waals surface area contributed by atoms with E-state index in [1.807, 2.05) is 0 Å². The van der Waals surface area contributed by atoms with Crippen LogP contribution in [0.25, 0.3) is 0 Å². The fourth-order valence-electron chi connectivity index (χ4n) is 2.77. The Morgan fingerprint density at radius 2 is 1.88 bits per heavy atom. The predicted octanol–water partition coefficient (Wildman–Crippen LogP) is 2.69. The second-order valence-corrected chi connectivity index (χ2v) is 5.14. The largest absolute Gasteiger partial charge is 0.496 e. The van der Waals surface area contributed by atoms with Crippen LogP contribution in [0.2, 0.25) is 0 Å². The second-order valence-electron chi connectivity index (χ2n) is 5.14. The molecule has 0 amide bonds. The van der Waals surface area contributed by atoms with Crippen molar-refractivity contribution < 1.29 is 14.2 Å². The molecule has 2 aliphatic rings. The van der Waals surface area contributed by atoms with E-state index in [4.69, 9.17) is 4.74 Å². The molecular formula is C14H17FO2. The number of fused-ring (bicyclic) bond motifs is 1. The standard InChI is InChI=1S/C14H17FO2/c1-17-12-8-11(14(16)6-7-14)13(15)10-5-3-2-4-9(10)12/h8,16H,2-7H2,1H3. The third-order valence-corrected chi connectivity index (χ3v) is 3.99. The molecule has 1 aromatic carbocycles. The van der Waals surface area contributed by atoms with Gasteiger partial charge in [0.15, 0.2) is 0 Å². The van der Waals surface area contributed by atoms with Gasteiger partial charge in [0.1, 0.15) is 11.6 Å². The predicted molar refractivity (Wildman–Crippen MR) is 62.7 cm³/mol. The van der Waals surface area contributed by atoms with Gasteiger partial charge >= 0.3 is 0 Å². The van der Waals surface area contributed by atoms with Crippen LogP contribution in [-0.2, 0) is 18.4 Å². The van der Waals surface area contributed by atoms with Gasteiger partial charge in [-0.05, 0) is 50.2 Å². The zero-order chi connectivity index (χ0) is 12.0. The molecule has 92 valence electrons. The van der Waals surface area contributed by atoms with Gasteiger partial charge in [-0.1, -0.05) is 0 Å². The number of ether oxygens (including phenoxy) is 1. The summed E-state index contributed by atoms with van der Waals surface area (Å²) in [6, 6.07) is 1.70. The number of halogens is 1. The first-order valence-electron chi connectivity index (χ1n) is 6.27. The van der Waals surface area contributed by atoms with E-state index in [1.54, 1.807) is 13.2 Å². The smallest absolute Gasteiger partial charge is 0.133 e. The van der Waals surface area contributed by atoms with E-state index >= 15 is 0 Å². The zero-order valence-electron chi connectivity index (χ0n) is 10.1. The molecule has 1 N–H and O–H groups in total. The van der Waals surface area contributed by atoms with Crippen LogP contribution < -0.4 is 4.74 Å². The molecule has 0 aliphatic heterocycles. The maximum absolute atomic E-state index is 14.4. The summed E-state index contributed by atoms with van der Waals surface area (Å²) in [5, 5.41) is 10.1. The first-order chi connectivity index (χ1) is 8.15. The summed E-state index contributed by atoms with van der Waals surface area (Å²) < 4.78 is 19.7. The summed E-state index contributed by atoms with van der Waals surface area (Å²) in [7, 11) is 1.61. The summed E-state index contributed by atoms with van der Waals surface area (Å²) in [6.07, 6.45) is 5.08. The van der Waals surface area contributed by atoms with E-state index < -0.39 is 5.60 Å². The van der Waals surface area contributed by atoms with Gasteiger partial charge in [-0.15, -0.1) is 0 Å². The molecule has 1 saturated carbocycles. The number of hydrogen-bond acceptors (Lipinski definition) is 2. The van der Waals surface area contributed by atoms with Crippen molar-refractivity contribution in [3.8, 4) is 5.75 Å². The van der Waals surface area contributed by atoms with Crippen molar-refractivity contribution in [1.29, 1.82) is 0 Å². The van der Waals surface area contributed by atoms with E-state index in [9.17, 15) is 9.50 Å². The minimum absolute atomic E-state index is 0.194. The minimum Gasteiger partial charge on any atom is -0.496 e. The van der Waals surface area contributed by atoms with Crippen LogP contribution in [0.1, 0.15) is 42.4 Å². The van der Waals surface area contributed by atoms with E-state index in [2.05, 4.69) is 0 Å². The Bertz CT molecular complexity index is 464. The SMILES string of the molecule is COc1cc(C2(O)CC2)c(F)c2c1CCCC2. The molecule has 0 aromatic heterocycles. The van der Waals surface area contributed by atoms with Gasteiger partial charge in [0.05, 0.1) is 12.7 Å². The van der Waals surface area contributed by atoms with Crippen molar-refractivity contribution in [2.75, 3.05) is 7.11 Å². The summed E-state index contributed by atoms with van der Waals surface area (Å²) in [5.74, 6) is 0.553. The molecule has 17 heavy (non-hydrogen) atoms. The maximum Gasteiger partial charge on any atom is 0.133 e. The van der Waals surface area contributed by atoms with Crippen molar-refractivity contribution in [2.24, 2.45) is 0 Å². The highest BCUT2D eigenvalue weighted by Crippen LogP contribution is 2.49. The van der Waals surface area contributed by atoms with Crippen molar-refractivity contribution >= 4 is 0 Å². The van der Waals surface area contributed by atoms with Gasteiger partial charge in [0, 0.05) is 11.1 Å². The van der Waals surface area contributed by atoms with Crippen LogP contribution in [0.15, 0.2) is 6.07 Å². The summed E-state index contributed by atoms with van der Waals surface area (Å²) >= 11 is 0. The summed E-state index contributed by atoms with van der Waals surface area (Å²) in [5.41, 5.74) is 1.29. The molecule has 2 aliphatic carbocycles. The van der Waals surface area contributed by atoms with Crippen LogP contribution in [0, 0.1) is 5.82 Å². The summed E-state index contributed by atoms with van der Waals surface area (Å²) in [6.45, 7) is 0. The Balaban J connectivity index is 2.18. The van der Waals surface area contributed by atoms with E-state index in [1.165, 1.54) is 0 Å². The number of aliphatic hydroxyl groups is 1. The third kappa shape index (κ3) is 1.64. The van der Waals surface area contributed by atoms with Gasteiger partial charge in [-0.2, -0.15) is 0 Å². The van der Waals surface area contributed by atoms with E-state index in [0.717, 1.165) is 42.6 Å². The minimum atomic E-state index is -0.927. The van der Waals surface area contributed by atoms with Gasteiger partial charge in [0.25, 0.3) is 0 Å². The molecule has 0 bridgehead atoms. The normalized spacial score (nSPS) is 20.9. The molecule has 0 spiro atoms. The van der Waals surface area contributed by atoms with Gasteiger partial charge in [0.2, 0.25) is 0 Å². The number of benzene rings is 1. The highest BCUT2D eigenvalue weighted by Gasteiger charge is 2.45. The average molecular weight is 236 g/mol. The molecule has 0 radical (unpaired) electrons. The quantitative estimate of drug-likeness (QED) is 0.855. The van der Waals surface area contributed by atoms with Crippen molar-refractivity contribution in [3.05, 3.63) is 28.6 Å². The Morgan fingerprint density at radius 1 is 1.24 bits per heavy atom. The topological polar surface area (TPSA) is 29.5 Å². The monoisotopic (exact) mass is 236 g/mol. The lowest BCUT2D eigenvalue weighted by atomic mass is 9.87.